The molecule has 53 heavy (non-hydrogen) atoms. The van der Waals surface area contributed by atoms with Gasteiger partial charge < -0.3 is 15.0 Å². The molecule has 4 aromatic rings. The number of rotatable bonds is 3. The minimum Gasteiger partial charge on any atom is -0.450 e. The summed E-state index contributed by atoms with van der Waals surface area (Å²) in [4.78, 5) is 23.6. The van der Waals surface area contributed by atoms with Gasteiger partial charge in [-0.15, -0.1) is 0 Å². The summed E-state index contributed by atoms with van der Waals surface area (Å²) in [5.74, 6) is 0. The van der Waals surface area contributed by atoms with Crippen LogP contribution in [0, 0.1) is 0 Å². The fourth-order valence-electron chi connectivity index (χ4n) is 8.05. The molecule has 6 nitrogen and oxygen atoms in total. The van der Waals surface area contributed by atoms with Gasteiger partial charge in [0.05, 0.1) is 18.0 Å². The number of piperidine rings is 2. The van der Waals surface area contributed by atoms with Gasteiger partial charge >= 0.3 is 6.09 Å². The van der Waals surface area contributed by atoms with E-state index in [0.717, 1.165) is 97.0 Å². The highest BCUT2D eigenvalue weighted by atomic mass is 35.5. The number of carbonyl (C=O) groups excluding carboxylic acids is 1. The fraction of sp³-hybridized carbons (Fsp3) is 0.311. The van der Waals surface area contributed by atoms with Gasteiger partial charge in [0.2, 0.25) is 0 Å². The number of hydrogen-bond donors (Lipinski definition) is 1. The number of fused-ring (bicyclic) bond motifs is 4. The largest absolute Gasteiger partial charge is 0.450 e. The normalized spacial score (nSPS) is 16.5. The predicted molar refractivity (Wildman–Crippen MR) is 218 cm³/mol. The van der Waals surface area contributed by atoms with Crippen molar-refractivity contribution in [3.05, 3.63) is 151 Å². The first-order valence-electron chi connectivity index (χ1n) is 18.7. The number of ether oxygens (including phenoxy) is 1. The summed E-state index contributed by atoms with van der Waals surface area (Å²) in [6.07, 6.45) is 15.0. The predicted octanol–water partition coefficient (Wildman–Crippen LogP) is 10.2. The van der Waals surface area contributed by atoms with Crippen LogP contribution in [-0.2, 0) is 30.4 Å². The van der Waals surface area contributed by atoms with Crippen LogP contribution in [0.25, 0.3) is 23.3 Å². The molecule has 2 aliphatic heterocycles. The molecule has 4 aliphatic rings. The lowest BCUT2D eigenvalue weighted by Gasteiger charge is -2.29. The first kappa shape index (κ1) is 36.9. The summed E-state index contributed by atoms with van der Waals surface area (Å²) in [7, 11) is 0. The average Bonchev–Trinajstić information content (AvgIpc) is 3.45. The lowest BCUT2D eigenvalue weighted by atomic mass is 9.88. The Morgan fingerprint density at radius 3 is 1.66 bits per heavy atom. The molecule has 0 bridgehead atoms. The third kappa shape index (κ3) is 8.06. The van der Waals surface area contributed by atoms with E-state index in [-0.39, 0.29) is 6.09 Å². The van der Waals surface area contributed by atoms with E-state index in [1.807, 2.05) is 43.6 Å². The van der Waals surface area contributed by atoms with Gasteiger partial charge in [0.1, 0.15) is 0 Å². The van der Waals surface area contributed by atoms with Crippen LogP contribution in [0.1, 0.15) is 88.5 Å². The highest BCUT2D eigenvalue weighted by Crippen LogP contribution is 2.40. The van der Waals surface area contributed by atoms with Gasteiger partial charge in [-0.2, -0.15) is 0 Å². The Morgan fingerprint density at radius 2 is 1.19 bits per heavy atom. The molecule has 2 aliphatic carbocycles. The standard InChI is InChI=1S/C24H25ClN2O2.C21H21ClN2/c1-3-16-13-19-6-5-18-14-20(25)7-8-21(18)22(23(19)26-15-16)17-9-11-27(12-10-17)24(28)29-4-2;1-2-14-11-17-4-3-16-12-18(22)5-6-19(16)20(21(17)24-13-14)15-7-9-23-10-8-15/h3,7-8,13-15H,1,4-6,9-12H2,2H3;2,5-6,11-13,23H,1,3-4,7-10H2. The van der Waals surface area contributed by atoms with Gasteiger partial charge in [-0.3, -0.25) is 9.97 Å². The molecule has 2 aromatic carbocycles. The second kappa shape index (κ2) is 16.7. The molecule has 8 rings (SSSR count). The van der Waals surface area contributed by atoms with E-state index in [9.17, 15) is 4.79 Å². The molecule has 2 fully saturated rings. The topological polar surface area (TPSA) is 67.4 Å². The summed E-state index contributed by atoms with van der Waals surface area (Å²) in [6, 6.07) is 16.9. The second-order valence-electron chi connectivity index (χ2n) is 14.0. The zero-order valence-corrected chi connectivity index (χ0v) is 32.0. The van der Waals surface area contributed by atoms with Gasteiger partial charge in [0.15, 0.2) is 0 Å². The number of nitrogens with zero attached hydrogens (tertiary/aromatic N) is 3. The monoisotopic (exact) mass is 744 g/mol. The molecule has 4 heterocycles. The molecule has 1 N–H and O–H groups in total. The van der Waals surface area contributed by atoms with Crippen molar-refractivity contribution in [1.29, 1.82) is 0 Å². The maximum atomic E-state index is 12.1. The minimum atomic E-state index is -0.223. The molecule has 0 radical (unpaired) electrons. The SMILES string of the molecule is C=Cc1cnc2c(c1)CCc1cc(Cl)ccc1C2=C1CCN(C(=O)OCC)CC1.C=Cc1cnc2c(c1)CCc1cc(Cl)ccc1C2=C1CCNCC1. The van der Waals surface area contributed by atoms with Crippen molar-refractivity contribution in [3.8, 4) is 0 Å². The van der Waals surface area contributed by atoms with Gasteiger partial charge in [-0.25, -0.2) is 4.79 Å². The number of hydrogen-bond acceptors (Lipinski definition) is 5. The van der Waals surface area contributed by atoms with Crippen molar-refractivity contribution in [1.82, 2.24) is 20.2 Å². The summed E-state index contributed by atoms with van der Waals surface area (Å²) in [6.45, 7) is 13.4. The molecule has 2 saturated heterocycles. The third-order valence-electron chi connectivity index (χ3n) is 10.7. The number of aromatic nitrogens is 2. The number of benzene rings is 2. The first-order chi connectivity index (χ1) is 25.9. The number of pyridine rings is 2. The number of carbonyl (C=O) groups is 1. The van der Waals surface area contributed by atoms with Crippen LogP contribution < -0.4 is 5.32 Å². The number of nitrogens with one attached hydrogen (secondary N) is 1. The summed E-state index contributed by atoms with van der Waals surface area (Å²) >= 11 is 12.6. The molecular weight excluding hydrogens is 699 g/mol. The van der Waals surface area contributed by atoms with Crippen molar-refractivity contribution in [2.24, 2.45) is 0 Å². The lowest BCUT2D eigenvalue weighted by Crippen LogP contribution is -2.37. The molecule has 0 saturated carbocycles. The van der Waals surface area contributed by atoms with Crippen LogP contribution in [0.4, 0.5) is 4.79 Å². The number of amides is 1. The van der Waals surface area contributed by atoms with Crippen molar-refractivity contribution in [2.45, 2.75) is 58.3 Å². The maximum Gasteiger partial charge on any atom is 0.409 e. The Balaban J connectivity index is 0.000000167. The highest BCUT2D eigenvalue weighted by Gasteiger charge is 2.28. The summed E-state index contributed by atoms with van der Waals surface area (Å²) in [5.41, 5.74) is 17.4. The smallest absolute Gasteiger partial charge is 0.409 e. The number of likely N-dealkylation sites (tertiary alicyclic amines) is 1. The Morgan fingerprint density at radius 1 is 0.717 bits per heavy atom. The number of halogens is 2. The molecular formula is C45H46Cl2N4O2. The van der Waals surface area contributed by atoms with Crippen molar-refractivity contribution < 1.29 is 9.53 Å². The number of aryl methyl sites for hydroxylation is 4. The quantitative estimate of drug-likeness (QED) is 0.226. The van der Waals surface area contributed by atoms with Crippen LogP contribution in [0.2, 0.25) is 10.0 Å². The zero-order valence-electron chi connectivity index (χ0n) is 30.4. The van der Waals surface area contributed by atoms with Crippen LogP contribution in [0.5, 0.6) is 0 Å². The molecule has 8 heteroatoms. The van der Waals surface area contributed by atoms with E-state index in [1.54, 1.807) is 4.90 Å². The third-order valence-corrected chi connectivity index (χ3v) is 11.2. The van der Waals surface area contributed by atoms with E-state index < -0.39 is 0 Å². The Hall–Kier alpha value is -4.49. The average molecular weight is 746 g/mol. The van der Waals surface area contributed by atoms with Gasteiger partial charge in [-0.05, 0) is 152 Å². The Kier molecular flexibility index (Phi) is 11.6. The Bertz CT molecular complexity index is 2120. The van der Waals surface area contributed by atoms with Crippen LogP contribution >= 0.6 is 23.2 Å². The van der Waals surface area contributed by atoms with Gasteiger partial charge in [-0.1, -0.05) is 71.8 Å². The Labute approximate surface area is 323 Å². The van der Waals surface area contributed by atoms with E-state index in [2.05, 4.69) is 54.9 Å². The van der Waals surface area contributed by atoms with Crippen molar-refractivity contribution in [3.63, 3.8) is 0 Å². The maximum absolute atomic E-state index is 12.1. The van der Waals surface area contributed by atoms with Crippen LogP contribution in [0.3, 0.4) is 0 Å². The van der Waals surface area contributed by atoms with Crippen molar-refractivity contribution >= 4 is 52.6 Å². The molecule has 0 spiro atoms. The van der Waals surface area contributed by atoms with E-state index in [1.165, 1.54) is 55.7 Å². The van der Waals surface area contributed by atoms with Gasteiger partial charge in [0.25, 0.3) is 0 Å². The van der Waals surface area contributed by atoms with Gasteiger partial charge in [0, 0.05) is 46.7 Å². The molecule has 272 valence electrons. The van der Waals surface area contributed by atoms with E-state index in [4.69, 9.17) is 37.9 Å². The van der Waals surface area contributed by atoms with E-state index in [0.29, 0.717) is 19.7 Å². The summed E-state index contributed by atoms with van der Waals surface area (Å²) < 4.78 is 5.17. The summed E-state index contributed by atoms with van der Waals surface area (Å²) in [5, 5.41) is 5.03. The molecule has 2 aromatic heterocycles. The zero-order chi connectivity index (χ0) is 36.9. The van der Waals surface area contributed by atoms with Crippen molar-refractivity contribution in [2.75, 3.05) is 32.8 Å². The second-order valence-corrected chi connectivity index (χ2v) is 14.8. The highest BCUT2D eigenvalue weighted by molar-refractivity contribution is 6.31. The minimum absolute atomic E-state index is 0.223. The fourth-order valence-corrected chi connectivity index (χ4v) is 8.44. The van der Waals surface area contributed by atoms with Crippen LogP contribution in [-0.4, -0.2) is 53.7 Å². The first-order valence-corrected chi connectivity index (χ1v) is 19.5. The van der Waals surface area contributed by atoms with Crippen LogP contribution in [0.15, 0.2) is 85.2 Å². The molecule has 0 unspecified atom stereocenters. The molecule has 0 atom stereocenters. The lowest BCUT2D eigenvalue weighted by molar-refractivity contribution is 0.104. The van der Waals surface area contributed by atoms with E-state index >= 15 is 0 Å². The molecule has 1 amide bonds.